The van der Waals surface area contributed by atoms with E-state index in [9.17, 15) is 4.79 Å². The topological polar surface area (TPSA) is 88.0 Å². The average Bonchev–Trinajstić information content (AvgIpc) is 3.47. The summed E-state index contributed by atoms with van der Waals surface area (Å²) in [4.78, 5) is 18.1. The first-order valence-corrected chi connectivity index (χ1v) is 11.6. The Hall–Kier alpha value is -3.32. The van der Waals surface area contributed by atoms with Crippen molar-refractivity contribution >= 4 is 5.91 Å². The van der Waals surface area contributed by atoms with Crippen LogP contribution >= 0.6 is 0 Å². The number of hydrogen-bond donors (Lipinski definition) is 2. The molecule has 4 aliphatic rings. The van der Waals surface area contributed by atoms with Gasteiger partial charge in [0.15, 0.2) is 6.17 Å². The fraction of sp³-hybridized carbons (Fsp3) is 0.385. The number of amides is 1. The quantitative estimate of drug-likeness (QED) is 0.756. The van der Waals surface area contributed by atoms with Crippen molar-refractivity contribution in [3.63, 3.8) is 0 Å². The van der Waals surface area contributed by atoms with Crippen LogP contribution in [0.3, 0.4) is 0 Å². The summed E-state index contributed by atoms with van der Waals surface area (Å²) in [5.74, 6) is -0.0208. The number of aryl methyl sites for hydroxylation is 1. The molecule has 0 saturated carbocycles. The fourth-order valence-corrected chi connectivity index (χ4v) is 5.97. The lowest BCUT2D eigenvalue weighted by molar-refractivity contribution is -0.121. The third-order valence-electron chi connectivity index (χ3n) is 7.55. The van der Waals surface area contributed by atoms with E-state index in [0.29, 0.717) is 13.2 Å². The molecule has 7 nitrogen and oxygen atoms in total. The molecule has 0 bridgehead atoms. The lowest BCUT2D eigenvalue weighted by atomic mass is 9.61. The van der Waals surface area contributed by atoms with Gasteiger partial charge in [0, 0.05) is 36.2 Å². The Kier molecular flexibility index (Phi) is 4.52. The van der Waals surface area contributed by atoms with Crippen LogP contribution in [0.5, 0.6) is 0 Å². The molecule has 0 radical (unpaired) electrons. The first-order valence-electron chi connectivity index (χ1n) is 11.6. The summed E-state index contributed by atoms with van der Waals surface area (Å²) < 4.78 is 5.67. The molecule has 0 aliphatic carbocycles. The van der Waals surface area contributed by atoms with Crippen LogP contribution in [0.4, 0.5) is 0 Å². The normalized spacial score (nSPS) is 30.1. The predicted molar refractivity (Wildman–Crippen MR) is 124 cm³/mol. The van der Waals surface area contributed by atoms with Crippen molar-refractivity contribution in [3.05, 3.63) is 76.9 Å². The Morgan fingerprint density at radius 2 is 2.09 bits per heavy atom. The number of azo groups is 1. The van der Waals surface area contributed by atoms with E-state index < -0.39 is 5.41 Å². The summed E-state index contributed by atoms with van der Waals surface area (Å²) in [5, 5.41) is 15.6. The van der Waals surface area contributed by atoms with Gasteiger partial charge in [0.05, 0.1) is 29.3 Å². The smallest absolute Gasteiger partial charge is 0.250 e. The van der Waals surface area contributed by atoms with E-state index in [-0.39, 0.29) is 17.6 Å². The third kappa shape index (κ3) is 2.99. The lowest BCUT2D eigenvalue weighted by Gasteiger charge is -2.48. The molecule has 1 aromatic carbocycles. The summed E-state index contributed by atoms with van der Waals surface area (Å²) in [6.45, 7) is 5.36. The van der Waals surface area contributed by atoms with Crippen LogP contribution < -0.4 is 10.6 Å². The molecule has 1 spiro atoms. The molecule has 2 aromatic rings. The molecule has 1 saturated heterocycles. The van der Waals surface area contributed by atoms with E-state index >= 15 is 0 Å². The van der Waals surface area contributed by atoms with E-state index in [0.717, 1.165) is 58.5 Å². The number of nitrogens with zero attached hydrogens (tertiary/aromatic N) is 3. The maximum Gasteiger partial charge on any atom is 0.250 e. The van der Waals surface area contributed by atoms with Gasteiger partial charge in [0.1, 0.15) is 0 Å². The average molecular weight is 442 g/mol. The van der Waals surface area contributed by atoms with Crippen LogP contribution in [0.25, 0.3) is 11.1 Å². The van der Waals surface area contributed by atoms with E-state index in [1.807, 2.05) is 25.4 Å². The summed E-state index contributed by atoms with van der Waals surface area (Å²) in [7, 11) is 0. The van der Waals surface area contributed by atoms with Crippen LogP contribution in [-0.2, 0) is 14.9 Å². The van der Waals surface area contributed by atoms with Crippen molar-refractivity contribution in [2.45, 2.75) is 50.2 Å². The van der Waals surface area contributed by atoms with Crippen molar-refractivity contribution in [2.24, 2.45) is 10.2 Å². The van der Waals surface area contributed by atoms with Gasteiger partial charge >= 0.3 is 0 Å². The second kappa shape index (κ2) is 7.35. The minimum Gasteiger partial charge on any atom is -0.379 e. The molecule has 6 rings (SSSR count). The summed E-state index contributed by atoms with van der Waals surface area (Å²) in [6.07, 6.45) is 5.70. The number of aromatic nitrogens is 1. The zero-order valence-corrected chi connectivity index (χ0v) is 18.9. The Labute approximate surface area is 193 Å². The molecule has 4 aliphatic heterocycles. The molecular formula is C26H27N5O2. The van der Waals surface area contributed by atoms with Gasteiger partial charge < -0.3 is 15.4 Å². The molecular weight excluding hydrogens is 414 g/mol. The van der Waals surface area contributed by atoms with Gasteiger partial charge in [-0.25, -0.2) is 0 Å². The van der Waals surface area contributed by atoms with Crippen molar-refractivity contribution in [1.82, 2.24) is 15.6 Å². The zero-order chi connectivity index (χ0) is 22.6. The Morgan fingerprint density at radius 1 is 1.21 bits per heavy atom. The highest BCUT2D eigenvalue weighted by Gasteiger charge is 2.55. The van der Waals surface area contributed by atoms with Crippen LogP contribution in [0.1, 0.15) is 37.4 Å². The zero-order valence-electron chi connectivity index (χ0n) is 18.9. The van der Waals surface area contributed by atoms with Crippen LogP contribution in [0.15, 0.2) is 75.9 Å². The number of hydrogen-bond acceptors (Lipinski definition) is 6. The SMILES string of the molecule is CC[C@@]1(c2cccc(-c3ccnc(C)c3)c2)C2=CN=NC2NC2=C1C(=O)N[C@]1(CCOC1)C2. The van der Waals surface area contributed by atoms with Gasteiger partial charge in [-0.3, -0.25) is 9.78 Å². The minimum atomic E-state index is -0.599. The van der Waals surface area contributed by atoms with Crippen molar-refractivity contribution < 1.29 is 9.53 Å². The second-order valence-electron chi connectivity index (χ2n) is 9.46. The maximum atomic E-state index is 13.8. The first-order chi connectivity index (χ1) is 16.0. The van der Waals surface area contributed by atoms with E-state index in [4.69, 9.17) is 4.74 Å². The monoisotopic (exact) mass is 441 g/mol. The standard InChI is InChI=1S/C26H27N5O2/c1-3-26(19-6-4-5-17(12-19)18-7-9-27-16(2)11-18)20-14-28-31-23(20)29-21-13-25(8-10-33-15-25)30-24(32)22(21)26/h4-7,9,11-12,14,23,29H,3,8,10,13,15H2,1-2H3,(H,30,32)/t23?,25-,26-/m1/s1. The van der Waals surface area contributed by atoms with Crippen molar-refractivity contribution in [3.8, 4) is 11.1 Å². The number of fused-ring (bicyclic) bond motifs is 1. The molecule has 1 amide bonds. The molecule has 7 heteroatoms. The van der Waals surface area contributed by atoms with Crippen molar-refractivity contribution in [2.75, 3.05) is 13.2 Å². The highest BCUT2D eigenvalue weighted by atomic mass is 16.5. The number of carbonyl (C=O) groups is 1. The van der Waals surface area contributed by atoms with Crippen molar-refractivity contribution in [1.29, 1.82) is 0 Å². The van der Waals surface area contributed by atoms with Gasteiger partial charge in [0.2, 0.25) is 0 Å². The Bertz CT molecular complexity index is 1240. The Balaban J connectivity index is 1.54. The molecule has 3 atom stereocenters. The molecule has 168 valence electrons. The number of ether oxygens (including phenoxy) is 1. The molecule has 5 heterocycles. The van der Waals surface area contributed by atoms with E-state index in [1.54, 1.807) is 0 Å². The number of rotatable bonds is 3. The Morgan fingerprint density at radius 3 is 2.88 bits per heavy atom. The van der Waals surface area contributed by atoms with Gasteiger partial charge in [-0.05, 0) is 54.7 Å². The summed E-state index contributed by atoms with van der Waals surface area (Å²) in [5.41, 5.74) is 6.13. The number of benzene rings is 1. The van der Waals surface area contributed by atoms with Gasteiger partial charge in [0.25, 0.3) is 5.91 Å². The summed E-state index contributed by atoms with van der Waals surface area (Å²) >= 11 is 0. The second-order valence-corrected chi connectivity index (χ2v) is 9.46. The minimum absolute atomic E-state index is 0.0208. The highest BCUT2D eigenvalue weighted by Crippen LogP contribution is 2.52. The maximum absolute atomic E-state index is 13.8. The molecule has 1 aromatic heterocycles. The number of nitrogens with one attached hydrogen (secondary N) is 2. The molecule has 1 fully saturated rings. The van der Waals surface area contributed by atoms with Gasteiger partial charge in [-0.2, -0.15) is 10.2 Å². The molecule has 2 N–H and O–H groups in total. The number of pyridine rings is 1. The molecule has 33 heavy (non-hydrogen) atoms. The highest BCUT2D eigenvalue weighted by molar-refractivity contribution is 6.00. The fourth-order valence-electron chi connectivity index (χ4n) is 5.97. The third-order valence-corrected chi connectivity index (χ3v) is 7.55. The van der Waals surface area contributed by atoms with Gasteiger partial charge in [-0.1, -0.05) is 25.1 Å². The largest absolute Gasteiger partial charge is 0.379 e. The molecule has 1 unspecified atom stereocenters. The summed E-state index contributed by atoms with van der Waals surface area (Å²) in [6, 6.07) is 12.6. The van der Waals surface area contributed by atoms with E-state index in [1.165, 1.54) is 0 Å². The van der Waals surface area contributed by atoms with E-state index in [2.05, 4.69) is 63.1 Å². The predicted octanol–water partition coefficient (Wildman–Crippen LogP) is 3.92. The lowest BCUT2D eigenvalue weighted by Crippen LogP contribution is -2.60. The van der Waals surface area contributed by atoms with Crippen LogP contribution in [0, 0.1) is 6.92 Å². The van der Waals surface area contributed by atoms with Crippen LogP contribution in [0.2, 0.25) is 0 Å². The number of carbonyl (C=O) groups excluding carboxylic acids is 1. The van der Waals surface area contributed by atoms with Crippen LogP contribution in [-0.4, -0.2) is 35.8 Å². The first kappa shape index (κ1) is 20.3. The van der Waals surface area contributed by atoms with Gasteiger partial charge in [-0.15, -0.1) is 0 Å².